The van der Waals surface area contributed by atoms with Crippen LogP contribution in [0.5, 0.6) is 11.5 Å². The molecule has 0 aromatic heterocycles. The van der Waals surface area contributed by atoms with Crippen molar-refractivity contribution < 1.29 is 9.47 Å². The predicted molar refractivity (Wildman–Crippen MR) is 101 cm³/mol. The van der Waals surface area contributed by atoms with E-state index in [0.29, 0.717) is 5.92 Å². The average Bonchev–Trinajstić information content (AvgIpc) is 3.13. The molecule has 0 bridgehead atoms. The Morgan fingerprint density at radius 1 is 0.917 bits per heavy atom. The van der Waals surface area contributed by atoms with Crippen molar-refractivity contribution in [3.8, 4) is 11.5 Å². The maximum Gasteiger partial charge on any atom is 0.126 e. The van der Waals surface area contributed by atoms with Gasteiger partial charge in [0.1, 0.15) is 11.5 Å². The van der Waals surface area contributed by atoms with Crippen LogP contribution in [0.4, 0.5) is 0 Å². The minimum atomic E-state index is 0.542. The van der Waals surface area contributed by atoms with Crippen LogP contribution in [0.2, 0.25) is 5.02 Å². The molecule has 0 radical (unpaired) electrons. The molecule has 1 aliphatic rings. The van der Waals surface area contributed by atoms with Crippen molar-refractivity contribution in [2.75, 3.05) is 14.2 Å². The van der Waals surface area contributed by atoms with E-state index in [2.05, 4.69) is 24.3 Å². The Morgan fingerprint density at radius 2 is 1.54 bits per heavy atom. The van der Waals surface area contributed by atoms with Gasteiger partial charge in [-0.25, -0.2) is 0 Å². The van der Waals surface area contributed by atoms with Gasteiger partial charge in [-0.3, -0.25) is 0 Å². The number of rotatable bonds is 5. The summed E-state index contributed by atoms with van der Waals surface area (Å²) in [6.07, 6.45) is 9.11. The Bertz CT molecular complexity index is 705. The summed E-state index contributed by atoms with van der Waals surface area (Å²) in [6, 6.07) is 12.0. The van der Waals surface area contributed by atoms with Gasteiger partial charge in [-0.15, -0.1) is 0 Å². The third kappa shape index (κ3) is 3.76. The van der Waals surface area contributed by atoms with Crippen molar-refractivity contribution in [1.82, 2.24) is 0 Å². The van der Waals surface area contributed by atoms with E-state index in [-0.39, 0.29) is 0 Å². The fourth-order valence-corrected chi connectivity index (χ4v) is 3.67. The first-order valence-corrected chi connectivity index (χ1v) is 8.78. The van der Waals surface area contributed by atoms with Crippen LogP contribution in [0.1, 0.15) is 48.3 Å². The molecule has 3 heteroatoms. The molecule has 1 saturated carbocycles. The van der Waals surface area contributed by atoms with Gasteiger partial charge in [-0.05, 0) is 54.2 Å². The molecule has 0 spiro atoms. The maximum atomic E-state index is 6.04. The number of benzene rings is 2. The van der Waals surface area contributed by atoms with E-state index in [1.165, 1.54) is 31.2 Å². The lowest BCUT2D eigenvalue weighted by Crippen LogP contribution is -2.01. The fraction of sp³-hybridized carbons (Fsp3) is 0.333. The molecule has 0 aliphatic heterocycles. The van der Waals surface area contributed by atoms with Crippen molar-refractivity contribution in [2.24, 2.45) is 0 Å². The Morgan fingerprint density at radius 3 is 2.12 bits per heavy atom. The monoisotopic (exact) mass is 342 g/mol. The Kier molecular flexibility index (Phi) is 5.47. The molecular weight excluding hydrogens is 320 g/mol. The zero-order chi connectivity index (χ0) is 16.9. The van der Waals surface area contributed by atoms with E-state index in [4.69, 9.17) is 21.1 Å². The topological polar surface area (TPSA) is 18.5 Å². The summed E-state index contributed by atoms with van der Waals surface area (Å²) in [6.45, 7) is 0. The van der Waals surface area contributed by atoms with Gasteiger partial charge in [-0.1, -0.05) is 48.7 Å². The van der Waals surface area contributed by atoms with Gasteiger partial charge >= 0.3 is 0 Å². The number of halogens is 1. The lowest BCUT2D eigenvalue weighted by atomic mass is 9.94. The first kappa shape index (κ1) is 16.9. The highest BCUT2D eigenvalue weighted by Crippen LogP contribution is 2.44. The minimum absolute atomic E-state index is 0.542. The summed E-state index contributed by atoms with van der Waals surface area (Å²) in [7, 11) is 3.47. The number of ether oxygens (including phenoxy) is 2. The van der Waals surface area contributed by atoms with E-state index in [1.54, 1.807) is 14.2 Å². The molecule has 0 unspecified atom stereocenters. The van der Waals surface area contributed by atoms with Gasteiger partial charge in [0.15, 0.2) is 0 Å². The highest BCUT2D eigenvalue weighted by molar-refractivity contribution is 6.30. The first-order valence-electron chi connectivity index (χ1n) is 8.41. The summed E-state index contributed by atoms with van der Waals surface area (Å²) in [5.41, 5.74) is 3.35. The van der Waals surface area contributed by atoms with Crippen molar-refractivity contribution in [2.45, 2.75) is 31.6 Å². The van der Waals surface area contributed by atoms with Gasteiger partial charge in [0, 0.05) is 10.6 Å². The van der Waals surface area contributed by atoms with Gasteiger partial charge in [0.2, 0.25) is 0 Å². The number of hydrogen-bond donors (Lipinski definition) is 0. The molecule has 126 valence electrons. The lowest BCUT2D eigenvalue weighted by molar-refractivity contribution is 0.378. The van der Waals surface area contributed by atoms with Crippen LogP contribution in [-0.2, 0) is 0 Å². The van der Waals surface area contributed by atoms with E-state index >= 15 is 0 Å². The second-order valence-corrected chi connectivity index (χ2v) is 6.65. The van der Waals surface area contributed by atoms with E-state index in [9.17, 15) is 0 Å². The van der Waals surface area contributed by atoms with Gasteiger partial charge in [-0.2, -0.15) is 0 Å². The molecule has 0 heterocycles. The van der Waals surface area contributed by atoms with Crippen LogP contribution in [0.25, 0.3) is 12.2 Å². The summed E-state index contributed by atoms with van der Waals surface area (Å²) in [5.74, 6) is 2.39. The fourth-order valence-electron chi connectivity index (χ4n) is 3.47. The molecule has 2 nitrogen and oxygen atoms in total. The van der Waals surface area contributed by atoms with Gasteiger partial charge in [0.05, 0.1) is 14.2 Å². The maximum absolute atomic E-state index is 6.04. The number of methoxy groups -OCH3 is 2. The molecule has 2 aromatic rings. The molecule has 24 heavy (non-hydrogen) atoms. The van der Waals surface area contributed by atoms with Crippen LogP contribution in [-0.4, -0.2) is 14.2 Å². The normalized spacial score (nSPS) is 15.1. The Labute approximate surface area is 149 Å². The Hall–Kier alpha value is -1.93. The molecule has 1 fully saturated rings. The third-order valence-corrected chi connectivity index (χ3v) is 4.88. The highest BCUT2D eigenvalue weighted by Gasteiger charge is 2.24. The molecular formula is C21H23ClO2. The molecule has 2 aromatic carbocycles. The van der Waals surface area contributed by atoms with Crippen LogP contribution in [0.3, 0.4) is 0 Å². The summed E-state index contributed by atoms with van der Waals surface area (Å²) >= 11 is 6.04. The summed E-state index contributed by atoms with van der Waals surface area (Å²) in [5, 5.41) is 0.740. The quantitative estimate of drug-likeness (QED) is 0.603. The van der Waals surface area contributed by atoms with Crippen LogP contribution < -0.4 is 9.47 Å². The second-order valence-electron chi connectivity index (χ2n) is 6.21. The SMILES string of the molecule is COc1cc(/C=C/c2cccc(Cl)c2)cc(OC)c1C1CCCC1. The average molecular weight is 343 g/mol. The molecule has 0 amide bonds. The summed E-state index contributed by atoms with van der Waals surface area (Å²) in [4.78, 5) is 0. The lowest BCUT2D eigenvalue weighted by Gasteiger charge is -2.19. The highest BCUT2D eigenvalue weighted by atomic mass is 35.5. The molecule has 3 rings (SSSR count). The predicted octanol–water partition coefficient (Wildman–Crippen LogP) is 6.19. The second kappa shape index (κ2) is 7.76. The Balaban J connectivity index is 1.94. The van der Waals surface area contributed by atoms with E-state index in [0.717, 1.165) is 27.6 Å². The van der Waals surface area contributed by atoms with E-state index < -0.39 is 0 Å². The zero-order valence-corrected chi connectivity index (χ0v) is 15.0. The van der Waals surface area contributed by atoms with Crippen LogP contribution in [0.15, 0.2) is 36.4 Å². The molecule has 0 N–H and O–H groups in total. The molecule has 0 atom stereocenters. The van der Waals surface area contributed by atoms with Crippen molar-refractivity contribution in [1.29, 1.82) is 0 Å². The van der Waals surface area contributed by atoms with Crippen molar-refractivity contribution >= 4 is 23.8 Å². The van der Waals surface area contributed by atoms with Crippen molar-refractivity contribution in [3.63, 3.8) is 0 Å². The van der Waals surface area contributed by atoms with Crippen molar-refractivity contribution in [3.05, 3.63) is 58.1 Å². The molecule has 1 aliphatic carbocycles. The first-order chi connectivity index (χ1) is 11.7. The molecule has 0 saturated heterocycles. The standard InChI is InChI=1S/C21H23ClO2/c1-23-19-13-16(11-10-15-6-5-9-18(22)12-15)14-20(24-2)21(19)17-7-3-4-8-17/h5-6,9-14,17H,3-4,7-8H2,1-2H3/b11-10+. The van der Waals surface area contributed by atoms with Crippen LogP contribution >= 0.6 is 11.6 Å². The zero-order valence-electron chi connectivity index (χ0n) is 14.2. The number of hydrogen-bond acceptors (Lipinski definition) is 2. The van der Waals surface area contributed by atoms with Crippen LogP contribution in [0, 0.1) is 0 Å². The van der Waals surface area contributed by atoms with E-state index in [1.807, 2.05) is 24.3 Å². The summed E-state index contributed by atoms with van der Waals surface area (Å²) < 4.78 is 11.4. The minimum Gasteiger partial charge on any atom is -0.496 e. The van der Waals surface area contributed by atoms with Gasteiger partial charge < -0.3 is 9.47 Å². The smallest absolute Gasteiger partial charge is 0.126 e. The van der Waals surface area contributed by atoms with Gasteiger partial charge in [0.25, 0.3) is 0 Å². The third-order valence-electron chi connectivity index (χ3n) is 4.65. The largest absolute Gasteiger partial charge is 0.496 e.